The Morgan fingerprint density at radius 2 is 1.86 bits per heavy atom. The van der Waals surface area contributed by atoms with Crippen LogP contribution in [0.3, 0.4) is 0 Å². The maximum Gasteiger partial charge on any atom is 0.287 e. The van der Waals surface area contributed by atoms with E-state index in [4.69, 9.17) is 16.0 Å². The molecular weight excluding hydrogens is 302 g/mol. The maximum atomic E-state index is 12.3. The lowest BCUT2D eigenvalue weighted by molar-refractivity contribution is 0.0906. The van der Waals surface area contributed by atoms with Crippen molar-refractivity contribution in [2.45, 2.75) is 44.6 Å². The van der Waals surface area contributed by atoms with Crippen LogP contribution >= 0.6 is 11.6 Å². The van der Waals surface area contributed by atoms with Crippen molar-refractivity contribution in [2.75, 3.05) is 0 Å². The van der Waals surface area contributed by atoms with E-state index in [1.807, 2.05) is 0 Å². The van der Waals surface area contributed by atoms with Crippen LogP contribution in [0.15, 0.2) is 33.5 Å². The van der Waals surface area contributed by atoms with Crippen LogP contribution in [0.1, 0.15) is 49.1 Å². The third kappa shape index (κ3) is 3.33. The number of fused-ring (bicyclic) bond motifs is 1. The van der Waals surface area contributed by atoms with Crippen LogP contribution in [0.2, 0.25) is 5.02 Å². The highest BCUT2D eigenvalue weighted by molar-refractivity contribution is 6.31. The van der Waals surface area contributed by atoms with Crippen molar-refractivity contribution in [3.63, 3.8) is 0 Å². The lowest BCUT2D eigenvalue weighted by Crippen LogP contribution is -2.34. The molecule has 1 heterocycles. The maximum absolute atomic E-state index is 12.3. The molecule has 0 aliphatic heterocycles. The molecule has 5 heteroatoms. The highest BCUT2D eigenvalue weighted by atomic mass is 35.5. The van der Waals surface area contributed by atoms with Crippen molar-refractivity contribution >= 4 is 28.5 Å². The molecule has 3 rings (SSSR count). The number of rotatable bonds is 2. The van der Waals surface area contributed by atoms with Crippen molar-refractivity contribution in [2.24, 2.45) is 0 Å². The summed E-state index contributed by atoms with van der Waals surface area (Å²) in [5.41, 5.74) is 0.123. The Balaban J connectivity index is 1.84. The zero-order valence-electron chi connectivity index (χ0n) is 12.2. The third-order valence-electron chi connectivity index (χ3n) is 4.10. The number of hydrogen-bond donors (Lipinski definition) is 1. The molecule has 1 amide bonds. The number of carbonyl (C=O) groups is 1. The molecule has 1 aliphatic carbocycles. The average molecular weight is 320 g/mol. The van der Waals surface area contributed by atoms with E-state index in [0.717, 1.165) is 25.7 Å². The highest BCUT2D eigenvalue weighted by Gasteiger charge is 2.18. The fraction of sp³-hybridized carbons (Fsp3) is 0.412. The van der Waals surface area contributed by atoms with Gasteiger partial charge in [0.15, 0.2) is 11.2 Å². The van der Waals surface area contributed by atoms with Crippen molar-refractivity contribution in [3.8, 4) is 0 Å². The van der Waals surface area contributed by atoms with Crippen molar-refractivity contribution in [1.29, 1.82) is 0 Å². The van der Waals surface area contributed by atoms with Gasteiger partial charge < -0.3 is 9.73 Å². The lowest BCUT2D eigenvalue weighted by Gasteiger charge is -2.15. The van der Waals surface area contributed by atoms with Crippen LogP contribution in [0, 0.1) is 0 Å². The molecule has 0 radical (unpaired) electrons. The Labute approximate surface area is 133 Å². The smallest absolute Gasteiger partial charge is 0.287 e. The first-order valence-corrected chi connectivity index (χ1v) is 8.05. The Morgan fingerprint density at radius 3 is 2.59 bits per heavy atom. The Hall–Kier alpha value is -1.81. The molecule has 0 atom stereocenters. The summed E-state index contributed by atoms with van der Waals surface area (Å²) >= 11 is 5.88. The van der Waals surface area contributed by atoms with Gasteiger partial charge in [-0.1, -0.05) is 37.3 Å². The molecule has 4 nitrogen and oxygen atoms in total. The Morgan fingerprint density at radius 1 is 1.14 bits per heavy atom. The molecule has 0 bridgehead atoms. The van der Waals surface area contributed by atoms with Gasteiger partial charge in [-0.3, -0.25) is 9.59 Å². The fourth-order valence-corrected chi connectivity index (χ4v) is 3.09. The summed E-state index contributed by atoms with van der Waals surface area (Å²) in [6, 6.07) is 6.21. The van der Waals surface area contributed by atoms with Gasteiger partial charge in [-0.25, -0.2) is 0 Å². The summed E-state index contributed by atoms with van der Waals surface area (Å²) in [6.07, 6.45) is 6.67. The Bertz CT molecular complexity index is 745. The molecule has 1 N–H and O–H groups in total. The average Bonchev–Trinajstić information content (AvgIpc) is 2.76. The lowest BCUT2D eigenvalue weighted by atomic mass is 10.1. The minimum absolute atomic E-state index is 0.0593. The van der Waals surface area contributed by atoms with E-state index in [1.165, 1.54) is 18.9 Å². The van der Waals surface area contributed by atoms with Crippen molar-refractivity contribution < 1.29 is 9.21 Å². The molecule has 1 aromatic carbocycles. The zero-order valence-corrected chi connectivity index (χ0v) is 13.0. The van der Waals surface area contributed by atoms with E-state index in [2.05, 4.69) is 5.32 Å². The number of carbonyl (C=O) groups excluding carboxylic acids is 1. The largest absolute Gasteiger partial charge is 0.451 e. The molecule has 1 aromatic heterocycles. The van der Waals surface area contributed by atoms with Gasteiger partial charge in [0.2, 0.25) is 0 Å². The van der Waals surface area contributed by atoms with Crippen LogP contribution < -0.4 is 10.7 Å². The zero-order chi connectivity index (χ0) is 15.5. The number of halogens is 1. The number of hydrogen-bond acceptors (Lipinski definition) is 3. The quantitative estimate of drug-likeness (QED) is 0.854. The second kappa shape index (κ2) is 6.53. The Kier molecular flexibility index (Phi) is 4.48. The normalized spacial score (nSPS) is 16.4. The second-order valence-electron chi connectivity index (χ2n) is 5.78. The van der Waals surface area contributed by atoms with Gasteiger partial charge in [0, 0.05) is 17.1 Å². The van der Waals surface area contributed by atoms with Crippen LogP contribution in [0.4, 0.5) is 0 Å². The summed E-state index contributed by atoms with van der Waals surface area (Å²) in [4.78, 5) is 24.4. The van der Waals surface area contributed by atoms with Crippen LogP contribution in [0.5, 0.6) is 0 Å². The van der Waals surface area contributed by atoms with Crippen LogP contribution in [-0.4, -0.2) is 11.9 Å². The van der Waals surface area contributed by atoms with E-state index in [9.17, 15) is 9.59 Å². The predicted molar refractivity (Wildman–Crippen MR) is 86.5 cm³/mol. The summed E-state index contributed by atoms with van der Waals surface area (Å²) < 4.78 is 5.56. The summed E-state index contributed by atoms with van der Waals surface area (Å²) in [5.74, 6) is -0.259. The van der Waals surface area contributed by atoms with Gasteiger partial charge in [0.05, 0.1) is 5.39 Å². The standard InChI is InChI=1S/C17H18ClNO3/c18-11-7-8-15-13(9-11)14(20)10-16(22-15)17(21)19-12-5-3-1-2-4-6-12/h7-10,12H,1-6H2,(H,19,21). The molecule has 116 valence electrons. The first-order chi connectivity index (χ1) is 10.6. The molecule has 22 heavy (non-hydrogen) atoms. The summed E-state index contributed by atoms with van der Waals surface area (Å²) in [5, 5.41) is 3.84. The first kappa shape index (κ1) is 15.1. The van der Waals surface area contributed by atoms with Gasteiger partial charge in [-0.05, 0) is 31.0 Å². The van der Waals surface area contributed by atoms with E-state index >= 15 is 0 Å². The van der Waals surface area contributed by atoms with E-state index < -0.39 is 0 Å². The molecule has 1 aliphatic rings. The van der Waals surface area contributed by atoms with E-state index in [-0.39, 0.29) is 23.1 Å². The van der Waals surface area contributed by atoms with Gasteiger partial charge in [0.25, 0.3) is 5.91 Å². The summed E-state index contributed by atoms with van der Waals surface area (Å²) in [7, 11) is 0. The minimum atomic E-state index is -0.319. The fourth-order valence-electron chi connectivity index (χ4n) is 2.92. The topological polar surface area (TPSA) is 59.3 Å². The number of amides is 1. The minimum Gasteiger partial charge on any atom is -0.451 e. The molecule has 2 aromatic rings. The summed E-state index contributed by atoms with van der Waals surface area (Å²) in [6.45, 7) is 0. The van der Waals surface area contributed by atoms with Crippen LogP contribution in [-0.2, 0) is 0 Å². The van der Waals surface area contributed by atoms with Crippen LogP contribution in [0.25, 0.3) is 11.0 Å². The van der Waals surface area contributed by atoms with E-state index in [1.54, 1.807) is 18.2 Å². The van der Waals surface area contributed by atoms with Gasteiger partial charge in [0.1, 0.15) is 5.58 Å². The third-order valence-corrected chi connectivity index (χ3v) is 4.34. The number of nitrogens with one attached hydrogen (secondary N) is 1. The molecule has 1 fully saturated rings. The van der Waals surface area contributed by atoms with Gasteiger partial charge in [-0.2, -0.15) is 0 Å². The predicted octanol–water partition coefficient (Wildman–Crippen LogP) is 3.90. The van der Waals surface area contributed by atoms with E-state index in [0.29, 0.717) is 16.0 Å². The second-order valence-corrected chi connectivity index (χ2v) is 6.21. The van der Waals surface area contributed by atoms with Crippen molar-refractivity contribution in [1.82, 2.24) is 5.32 Å². The monoisotopic (exact) mass is 319 g/mol. The SMILES string of the molecule is O=C(NC1CCCCCC1)c1cc(=O)c2cc(Cl)ccc2o1. The van der Waals surface area contributed by atoms with Crippen molar-refractivity contribution in [3.05, 3.63) is 45.3 Å². The van der Waals surface area contributed by atoms with Gasteiger partial charge in [-0.15, -0.1) is 0 Å². The number of benzene rings is 1. The molecule has 0 unspecified atom stereocenters. The molecule has 0 spiro atoms. The molecular formula is C17H18ClNO3. The first-order valence-electron chi connectivity index (χ1n) is 7.68. The molecule has 0 saturated heterocycles. The molecule has 1 saturated carbocycles. The highest BCUT2D eigenvalue weighted by Crippen LogP contribution is 2.19. The van der Waals surface area contributed by atoms with Gasteiger partial charge >= 0.3 is 0 Å².